The van der Waals surface area contributed by atoms with Gasteiger partial charge < -0.3 is 10.1 Å². The molecule has 0 saturated carbocycles. The van der Waals surface area contributed by atoms with Crippen molar-refractivity contribution in [3.8, 4) is 22.1 Å². The first-order valence-corrected chi connectivity index (χ1v) is 10.0. The minimum absolute atomic E-state index is 0.0788. The molecular formula is C21H17F2N5O2S. The fourth-order valence-electron chi connectivity index (χ4n) is 2.95. The van der Waals surface area contributed by atoms with Gasteiger partial charge in [-0.1, -0.05) is 0 Å². The molecule has 0 bridgehead atoms. The molecule has 158 valence electrons. The van der Waals surface area contributed by atoms with Gasteiger partial charge >= 0.3 is 6.61 Å². The summed E-state index contributed by atoms with van der Waals surface area (Å²) in [5, 5.41) is 7.04. The number of halogens is 2. The van der Waals surface area contributed by atoms with Gasteiger partial charge in [0.15, 0.2) is 0 Å². The second-order valence-electron chi connectivity index (χ2n) is 6.60. The van der Waals surface area contributed by atoms with E-state index in [-0.39, 0.29) is 11.7 Å². The Balaban J connectivity index is 1.51. The first-order valence-electron chi connectivity index (χ1n) is 9.22. The van der Waals surface area contributed by atoms with E-state index >= 15 is 0 Å². The molecule has 0 unspecified atom stereocenters. The number of anilines is 1. The van der Waals surface area contributed by atoms with Crippen molar-refractivity contribution in [1.29, 1.82) is 0 Å². The average molecular weight is 441 g/mol. The molecule has 1 N–H and O–H groups in total. The zero-order valence-corrected chi connectivity index (χ0v) is 17.4. The van der Waals surface area contributed by atoms with E-state index in [0.29, 0.717) is 16.6 Å². The van der Waals surface area contributed by atoms with Gasteiger partial charge in [0, 0.05) is 22.3 Å². The summed E-state index contributed by atoms with van der Waals surface area (Å²) >= 11 is 1.28. The van der Waals surface area contributed by atoms with E-state index in [0.717, 1.165) is 21.8 Å². The largest absolute Gasteiger partial charge is 0.435 e. The average Bonchev–Trinajstić information content (AvgIpc) is 3.37. The number of nitrogens with zero attached hydrogens (tertiary/aromatic N) is 4. The number of aromatic nitrogens is 4. The number of aryl methyl sites for hydroxylation is 2. The van der Waals surface area contributed by atoms with Crippen molar-refractivity contribution in [2.75, 3.05) is 5.32 Å². The van der Waals surface area contributed by atoms with Crippen molar-refractivity contribution in [3.05, 3.63) is 71.0 Å². The van der Waals surface area contributed by atoms with Gasteiger partial charge in [-0.05, 0) is 61.9 Å². The van der Waals surface area contributed by atoms with E-state index in [1.165, 1.54) is 28.2 Å². The van der Waals surface area contributed by atoms with Crippen molar-refractivity contribution in [2.24, 2.45) is 0 Å². The molecule has 1 aromatic carbocycles. The van der Waals surface area contributed by atoms with Crippen LogP contribution in [-0.4, -0.2) is 32.3 Å². The van der Waals surface area contributed by atoms with Gasteiger partial charge in [0.1, 0.15) is 11.6 Å². The van der Waals surface area contributed by atoms with Gasteiger partial charge in [-0.3, -0.25) is 4.79 Å². The first-order chi connectivity index (χ1) is 14.9. The van der Waals surface area contributed by atoms with E-state index in [9.17, 15) is 13.6 Å². The molecule has 4 aromatic rings. The number of rotatable bonds is 6. The Morgan fingerprint density at radius 2 is 1.77 bits per heavy atom. The Hall–Kier alpha value is -3.66. The van der Waals surface area contributed by atoms with Crippen LogP contribution < -0.4 is 10.1 Å². The molecule has 0 aliphatic rings. The van der Waals surface area contributed by atoms with Crippen molar-refractivity contribution in [2.45, 2.75) is 20.5 Å². The van der Waals surface area contributed by atoms with Crippen LogP contribution in [0.4, 0.5) is 14.6 Å². The third-order valence-corrected chi connectivity index (χ3v) is 5.37. The predicted octanol–water partition coefficient (Wildman–Crippen LogP) is 4.86. The van der Waals surface area contributed by atoms with Crippen LogP contribution in [0.3, 0.4) is 0 Å². The molecule has 0 aliphatic carbocycles. The van der Waals surface area contributed by atoms with Gasteiger partial charge in [0.05, 0.1) is 11.1 Å². The smallest absolute Gasteiger partial charge is 0.387 e. The molecule has 0 aliphatic heterocycles. The molecule has 0 spiro atoms. The standard InChI is InChI=1S/C21H17F2N5O2S/c1-12-11-13(2)26-21(25-12)28-18(9-10-24-28)27-19(29)17-8-7-16(31-17)14-3-5-15(6-4-14)30-20(22)23/h3-11,20H,1-2H3,(H,27,29). The zero-order valence-electron chi connectivity index (χ0n) is 16.5. The highest BCUT2D eigenvalue weighted by molar-refractivity contribution is 7.17. The molecule has 0 fully saturated rings. The highest BCUT2D eigenvalue weighted by Crippen LogP contribution is 2.30. The quantitative estimate of drug-likeness (QED) is 0.462. The van der Waals surface area contributed by atoms with Crippen LogP contribution in [-0.2, 0) is 0 Å². The topological polar surface area (TPSA) is 81.9 Å². The SMILES string of the molecule is Cc1cc(C)nc(-n2nccc2NC(=O)c2ccc(-c3ccc(OC(F)F)cc3)s2)n1. The molecule has 10 heteroatoms. The Labute approximate surface area is 180 Å². The molecule has 4 rings (SSSR count). The minimum atomic E-state index is -2.87. The molecule has 1 amide bonds. The van der Waals surface area contributed by atoms with Crippen molar-refractivity contribution in [3.63, 3.8) is 0 Å². The molecule has 0 atom stereocenters. The van der Waals surface area contributed by atoms with Crippen LogP contribution in [0, 0.1) is 13.8 Å². The second-order valence-corrected chi connectivity index (χ2v) is 7.68. The maximum absolute atomic E-state index is 12.8. The molecule has 31 heavy (non-hydrogen) atoms. The lowest BCUT2D eigenvalue weighted by Crippen LogP contribution is -2.15. The number of ether oxygens (including phenoxy) is 1. The van der Waals surface area contributed by atoms with Crippen molar-refractivity contribution >= 4 is 23.1 Å². The van der Waals surface area contributed by atoms with Gasteiger partial charge in [-0.25, -0.2) is 9.97 Å². The molecular weight excluding hydrogens is 424 g/mol. The summed E-state index contributed by atoms with van der Waals surface area (Å²) < 4.78 is 30.4. The lowest BCUT2D eigenvalue weighted by Gasteiger charge is -2.08. The molecule has 7 nitrogen and oxygen atoms in total. The van der Waals surface area contributed by atoms with Gasteiger partial charge in [0.25, 0.3) is 11.9 Å². The van der Waals surface area contributed by atoms with Crippen LogP contribution >= 0.6 is 11.3 Å². The maximum atomic E-state index is 12.8. The summed E-state index contributed by atoms with van der Waals surface area (Å²) in [5.41, 5.74) is 2.38. The highest BCUT2D eigenvalue weighted by Gasteiger charge is 2.15. The summed E-state index contributed by atoms with van der Waals surface area (Å²) in [6.07, 6.45) is 1.56. The number of carbonyl (C=O) groups is 1. The fourth-order valence-corrected chi connectivity index (χ4v) is 3.86. The zero-order chi connectivity index (χ0) is 22.0. The third-order valence-electron chi connectivity index (χ3n) is 4.24. The lowest BCUT2D eigenvalue weighted by molar-refractivity contribution is -0.0498. The Morgan fingerprint density at radius 3 is 2.45 bits per heavy atom. The highest BCUT2D eigenvalue weighted by atomic mass is 32.1. The molecule has 0 saturated heterocycles. The summed E-state index contributed by atoms with van der Waals surface area (Å²) in [4.78, 5) is 22.8. The summed E-state index contributed by atoms with van der Waals surface area (Å²) in [6.45, 7) is 0.851. The number of carbonyl (C=O) groups excluding carboxylic acids is 1. The van der Waals surface area contributed by atoms with E-state index in [1.807, 2.05) is 19.9 Å². The molecule has 3 heterocycles. The van der Waals surface area contributed by atoms with Gasteiger partial charge in [0.2, 0.25) is 0 Å². The predicted molar refractivity (Wildman–Crippen MR) is 113 cm³/mol. The minimum Gasteiger partial charge on any atom is -0.435 e. The van der Waals surface area contributed by atoms with Crippen molar-refractivity contribution in [1.82, 2.24) is 19.7 Å². The molecule has 0 radical (unpaired) electrons. The first kappa shape index (κ1) is 20.6. The number of nitrogens with one attached hydrogen (secondary N) is 1. The molecule has 3 aromatic heterocycles. The normalized spacial score (nSPS) is 11.0. The fraction of sp³-hybridized carbons (Fsp3) is 0.143. The van der Waals surface area contributed by atoms with E-state index in [1.54, 1.807) is 36.5 Å². The monoisotopic (exact) mass is 441 g/mol. The second kappa shape index (κ2) is 8.60. The lowest BCUT2D eigenvalue weighted by atomic mass is 10.2. The summed E-state index contributed by atoms with van der Waals surface area (Å²) in [6, 6.07) is 13.3. The summed E-state index contributed by atoms with van der Waals surface area (Å²) in [7, 11) is 0. The van der Waals surface area contributed by atoms with Crippen LogP contribution in [0.1, 0.15) is 21.1 Å². The Kier molecular flexibility index (Phi) is 5.72. The van der Waals surface area contributed by atoms with Crippen LogP contribution in [0.2, 0.25) is 0 Å². The number of amides is 1. The van der Waals surface area contributed by atoms with Crippen LogP contribution in [0.5, 0.6) is 5.75 Å². The Morgan fingerprint density at radius 1 is 1.06 bits per heavy atom. The maximum Gasteiger partial charge on any atom is 0.387 e. The van der Waals surface area contributed by atoms with Crippen LogP contribution in [0.15, 0.2) is 54.7 Å². The van der Waals surface area contributed by atoms with E-state index in [4.69, 9.17) is 0 Å². The number of benzene rings is 1. The number of hydrogen-bond donors (Lipinski definition) is 1. The van der Waals surface area contributed by atoms with Gasteiger partial charge in [-0.15, -0.1) is 11.3 Å². The third kappa shape index (κ3) is 4.75. The van der Waals surface area contributed by atoms with E-state index < -0.39 is 6.61 Å². The number of hydrogen-bond acceptors (Lipinski definition) is 6. The van der Waals surface area contributed by atoms with Gasteiger partial charge in [-0.2, -0.15) is 18.6 Å². The summed E-state index contributed by atoms with van der Waals surface area (Å²) in [5.74, 6) is 0.587. The number of alkyl halides is 2. The van der Waals surface area contributed by atoms with Crippen molar-refractivity contribution < 1.29 is 18.3 Å². The van der Waals surface area contributed by atoms with E-state index in [2.05, 4.69) is 25.1 Å². The van der Waals surface area contributed by atoms with Crippen LogP contribution in [0.25, 0.3) is 16.4 Å². The Bertz CT molecular complexity index is 1200. The number of thiophene rings is 1.